The average molecular weight is 502 g/mol. The molecule has 1 aromatic carbocycles. The van der Waals surface area contributed by atoms with Crippen LogP contribution in [0.1, 0.15) is 58.5 Å². The van der Waals surface area contributed by atoms with Gasteiger partial charge in [0.2, 0.25) is 5.43 Å². The highest BCUT2D eigenvalue weighted by Crippen LogP contribution is 2.39. The molecule has 1 saturated carbocycles. The van der Waals surface area contributed by atoms with Crippen LogP contribution in [0.5, 0.6) is 5.75 Å². The number of aliphatic hydroxyl groups excluding tert-OH is 1. The van der Waals surface area contributed by atoms with Crippen molar-refractivity contribution in [1.29, 1.82) is 0 Å². The fourth-order valence-electron chi connectivity index (χ4n) is 6.07. The Kier molecular flexibility index (Phi) is 6.65. The first-order valence-corrected chi connectivity index (χ1v) is 12.4. The second-order valence-electron chi connectivity index (χ2n) is 9.90. The molecule has 36 heavy (non-hydrogen) atoms. The van der Waals surface area contributed by atoms with E-state index in [4.69, 9.17) is 0 Å². The van der Waals surface area contributed by atoms with Crippen molar-refractivity contribution >= 4 is 11.7 Å². The zero-order valence-electron chi connectivity index (χ0n) is 19.8. The normalized spacial score (nSPS) is 23.7. The van der Waals surface area contributed by atoms with E-state index in [1.165, 1.54) is 16.8 Å². The highest BCUT2D eigenvalue weighted by atomic mass is 19.1. The van der Waals surface area contributed by atoms with Gasteiger partial charge >= 0.3 is 0 Å². The van der Waals surface area contributed by atoms with E-state index in [1.54, 1.807) is 4.90 Å². The number of β-amino-alcohol motifs (C(OH)–C–C–N with tert-alkyl or cyclic N) is 1. The first-order chi connectivity index (χ1) is 17.3. The summed E-state index contributed by atoms with van der Waals surface area (Å²) in [5, 5.41) is 20.4. The minimum absolute atomic E-state index is 0.00126. The molecule has 192 valence electrons. The summed E-state index contributed by atoms with van der Waals surface area (Å²) in [4.78, 5) is 43.3. The average Bonchev–Trinajstić information content (AvgIpc) is 2.85. The first-order valence-electron chi connectivity index (χ1n) is 12.4. The number of aryl methyl sites for hydroxylation is 1. The molecule has 3 aliphatic rings. The van der Waals surface area contributed by atoms with Crippen LogP contribution < -0.4 is 5.43 Å². The highest BCUT2D eigenvalue weighted by Gasteiger charge is 2.48. The molecule has 1 aliphatic carbocycles. The lowest BCUT2D eigenvalue weighted by atomic mass is 9.80. The Morgan fingerprint density at radius 1 is 1.11 bits per heavy atom. The van der Waals surface area contributed by atoms with Gasteiger partial charge in [0.25, 0.3) is 5.91 Å². The summed E-state index contributed by atoms with van der Waals surface area (Å²) >= 11 is 0. The van der Waals surface area contributed by atoms with Crippen molar-refractivity contribution in [1.82, 2.24) is 14.4 Å². The van der Waals surface area contributed by atoms with Crippen molar-refractivity contribution in [3.05, 3.63) is 63.1 Å². The number of amides is 1. The molecule has 1 aromatic heterocycles. The molecule has 0 unspecified atom stereocenters. The van der Waals surface area contributed by atoms with Crippen molar-refractivity contribution < 1.29 is 28.6 Å². The van der Waals surface area contributed by atoms with E-state index < -0.39 is 34.5 Å². The van der Waals surface area contributed by atoms with Gasteiger partial charge in [0.15, 0.2) is 17.2 Å². The number of Topliss-reactive ketones (excluding diaryl/α,β-unsaturated/α-hetero) is 1. The first kappa shape index (κ1) is 24.6. The molecule has 2 fully saturated rings. The smallest absolute Gasteiger partial charge is 0.276 e. The number of aliphatic hydroxyl groups is 1. The van der Waals surface area contributed by atoms with Crippen LogP contribution in [-0.4, -0.2) is 68.2 Å². The Bertz CT molecular complexity index is 1260. The lowest BCUT2D eigenvalue weighted by Crippen LogP contribution is -2.68. The quantitative estimate of drug-likeness (QED) is 0.589. The van der Waals surface area contributed by atoms with Crippen LogP contribution in [0.4, 0.5) is 8.78 Å². The Hall–Kier alpha value is -3.11. The number of benzene rings is 1. The topological polar surface area (TPSA) is 103 Å². The van der Waals surface area contributed by atoms with Crippen molar-refractivity contribution in [2.45, 2.75) is 57.3 Å². The highest BCUT2D eigenvalue weighted by molar-refractivity contribution is 6.00. The number of rotatable bonds is 6. The lowest BCUT2D eigenvalue weighted by molar-refractivity contribution is -0.0773. The number of nitrogens with zero attached hydrogens (tertiary/aromatic N) is 3. The van der Waals surface area contributed by atoms with Gasteiger partial charge in [-0.1, -0.05) is 18.9 Å². The fraction of sp³-hybridized carbons (Fsp3) is 0.500. The maximum atomic E-state index is 14.0. The summed E-state index contributed by atoms with van der Waals surface area (Å²) < 4.78 is 28.6. The number of fused-ring (bicyclic) bond motifs is 4. The molecule has 3 atom stereocenters. The van der Waals surface area contributed by atoms with Crippen LogP contribution in [0.3, 0.4) is 0 Å². The molecule has 2 aromatic rings. The van der Waals surface area contributed by atoms with E-state index in [0.29, 0.717) is 6.54 Å². The number of hydrogen-bond acceptors (Lipinski definition) is 6. The van der Waals surface area contributed by atoms with E-state index >= 15 is 0 Å². The SMILES string of the molecule is O=C(CCc1ccc(F)cc1F)c1cn2c(c(O)c1=O)C(=O)N1[C@H]3CCCC[C@H]3CN(CCO)[C@@H]1C2. The summed E-state index contributed by atoms with van der Waals surface area (Å²) in [7, 11) is 0. The molecule has 2 N–H and O–H groups in total. The predicted molar refractivity (Wildman–Crippen MR) is 126 cm³/mol. The molecular weight excluding hydrogens is 472 g/mol. The van der Waals surface area contributed by atoms with E-state index in [2.05, 4.69) is 4.90 Å². The van der Waals surface area contributed by atoms with E-state index in [9.17, 15) is 33.4 Å². The molecule has 2 aliphatic heterocycles. The predicted octanol–water partition coefficient (Wildman–Crippen LogP) is 2.30. The van der Waals surface area contributed by atoms with Crippen LogP contribution in [0.2, 0.25) is 0 Å². The largest absolute Gasteiger partial charge is 0.503 e. The molecule has 8 nitrogen and oxygen atoms in total. The Morgan fingerprint density at radius 3 is 2.64 bits per heavy atom. The third kappa shape index (κ3) is 4.22. The van der Waals surface area contributed by atoms with E-state index in [1.807, 2.05) is 0 Å². The Morgan fingerprint density at radius 2 is 1.89 bits per heavy atom. The molecule has 0 radical (unpaired) electrons. The minimum atomic E-state index is -0.929. The van der Waals surface area contributed by atoms with Crippen molar-refractivity contribution in [3.8, 4) is 5.75 Å². The summed E-state index contributed by atoms with van der Waals surface area (Å²) in [5.41, 5.74) is -1.20. The Labute approximate surface area is 206 Å². The summed E-state index contributed by atoms with van der Waals surface area (Å²) in [6.07, 6.45) is 4.57. The molecule has 1 saturated heterocycles. The van der Waals surface area contributed by atoms with Crippen LogP contribution >= 0.6 is 0 Å². The number of hydrogen-bond donors (Lipinski definition) is 2. The summed E-state index contributed by atoms with van der Waals surface area (Å²) in [6, 6.07) is 3.08. The zero-order chi connectivity index (χ0) is 25.6. The maximum Gasteiger partial charge on any atom is 0.276 e. The number of ketones is 1. The number of pyridine rings is 1. The van der Waals surface area contributed by atoms with Gasteiger partial charge in [-0.15, -0.1) is 0 Å². The third-order valence-electron chi connectivity index (χ3n) is 7.82. The standard InChI is InChI=1S/C26H29F2N3O5/c27-17-7-5-15(19(28)11-17)6-8-21(33)18-13-30-14-22-29(9-10-32)12-16-3-1-2-4-20(16)31(22)26(36)23(30)25(35)24(18)34/h5,7,11,13,16,20,22,32,35H,1-4,6,8-10,12,14H2/t16-,20-,22-/m0/s1. The maximum absolute atomic E-state index is 14.0. The van der Waals surface area contributed by atoms with Crippen LogP contribution in [0.25, 0.3) is 0 Å². The van der Waals surface area contributed by atoms with Crippen LogP contribution in [0.15, 0.2) is 29.2 Å². The number of carbonyl (C=O) groups excluding carboxylic acids is 2. The van der Waals surface area contributed by atoms with Gasteiger partial charge in [0.1, 0.15) is 17.8 Å². The van der Waals surface area contributed by atoms with Gasteiger partial charge in [0, 0.05) is 37.8 Å². The zero-order valence-corrected chi connectivity index (χ0v) is 19.8. The van der Waals surface area contributed by atoms with Gasteiger partial charge < -0.3 is 19.7 Å². The third-order valence-corrected chi connectivity index (χ3v) is 7.82. The molecule has 3 heterocycles. The van der Waals surface area contributed by atoms with Gasteiger partial charge in [-0.3, -0.25) is 19.3 Å². The number of aromatic nitrogens is 1. The van der Waals surface area contributed by atoms with Crippen molar-refractivity contribution in [2.75, 3.05) is 19.7 Å². The van der Waals surface area contributed by atoms with Gasteiger partial charge in [-0.2, -0.15) is 0 Å². The monoisotopic (exact) mass is 501 g/mol. The minimum Gasteiger partial charge on any atom is -0.503 e. The summed E-state index contributed by atoms with van der Waals surface area (Å²) in [5.74, 6) is -3.06. The second-order valence-corrected chi connectivity index (χ2v) is 9.90. The molecule has 1 amide bonds. The lowest BCUT2D eigenvalue weighted by Gasteiger charge is -2.55. The van der Waals surface area contributed by atoms with E-state index in [0.717, 1.165) is 44.4 Å². The molecule has 0 spiro atoms. The molecule has 0 bridgehead atoms. The number of carbonyl (C=O) groups is 2. The number of halogens is 2. The van der Waals surface area contributed by atoms with Gasteiger partial charge in [-0.25, -0.2) is 8.78 Å². The second kappa shape index (κ2) is 9.74. The number of aromatic hydroxyl groups is 1. The van der Waals surface area contributed by atoms with Crippen LogP contribution in [0, 0.1) is 17.6 Å². The van der Waals surface area contributed by atoms with Crippen LogP contribution in [-0.2, 0) is 13.0 Å². The van der Waals surface area contributed by atoms with Gasteiger partial charge in [0.05, 0.1) is 18.7 Å². The molecular formula is C26H29F2N3O5. The molecule has 10 heteroatoms. The molecule has 5 rings (SSSR count). The van der Waals surface area contributed by atoms with E-state index in [-0.39, 0.29) is 60.9 Å². The summed E-state index contributed by atoms with van der Waals surface area (Å²) in [6.45, 7) is 1.30. The van der Waals surface area contributed by atoms with Crippen molar-refractivity contribution in [2.24, 2.45) is 5.92 Å². The van der Waals surface area contributed by atoms with Crippen molar-refractivity contribution in [3.63, 3.8) is 0 Å². The fourth-order valence-corrected chi connectivity index (χ4v) is 6.07. The van der Waals surface area contributed by atoms with Gasteiger partial charge in [-0.05, 0) is 36.8 Å². The Balaban J connectivity index is 1.46.